The molecule has 1 aliphatic carbocycles. The van der Waals surface area contributed by atoms with Crippen molar-refractivity contribution in [3.63, 3.8) is 0 Å². The van der Waals surface area contributed by atoms with Gasteiger partial charge in [0.1, 0.15) is 0 Å². The van der Waals surface area contributed by atoms with E-state index in [0.717, 1.165) is 29.5 Å². The molecule has 1 heterocycles. The molecular formula is C12H13NO2. The van der Waals surface area contributed by atoms with E-state index in [1.807, 2.05) is 6.92 Å². The predicted molar refractivity (Wildman–Crippen MR) is 56.6 cm³/mol. The monoisotopic (exact) mass is 203 g/mol. The van der Waals surface area contributed by atoms with Crippen molar-refractivity contribution in [2.45, 2.75) is 19.8 Å². The Kier molecular flexibility index (Phi) is 2.81. The predicted octanol–water partition coefficient (Wildman–Crippen LogP) is 2.13. The second kappa shape index (κ2) is 4.26. The molecule has 0 atom stereocenters. The smallest absolute Gasteiger partial charge is 0.192 e. The number of nitrogens with zero attached hydrogens (tertiary/aromatic N) is 1. The van der Waals surface area contributed by atoms with Crippen molar-refractivity contribution in [2.75, 3.05) is 6.61 Å². The lowest BCUT2D eigenvalue weighted by atomic mass is 9.89. The Labute approximate surface area is 88.8 Å². The van der Waals surface area contributed by atoms with Crippen LogP contribution in [0.4, 0.5) is 0 Å². The van der Waals surface area contributed by atoms with Crippen molar-refractivity contribution < 1.29 is 9.53 Å². The highest BCUT2D eigenvalue weighted by atomic mass is 16.5. The van der Waals surface area contributed by atoms with Gasteiger partial charge in [-0.25, -0.2) is 0 Å². The lowest BCUT2D eigenvalue weighted by Gasteiger charge is -2.16. The number of allylic oxidation sites excluding steroid dienone is 1. The molecule has 0 spiro atoms. The minimum Gasteiger partial charge on any atom is -0.501 e. The van der Waals surface area contributed by atoms with Gasteiger partial charge in [-0.05, 0) is 31.4 Å². The van der Waals surface area contributed by atoms with Gasteiger partial charge in [0.15, 0.2) is 5.78 Å². The van der Waals surface area contributed by atoms with Gasteiger partial charge in [-0.1, -0.05) is 0 Å². The van der Waals surface area contributed by atoms with Crippen molar-refractivity contribution in [3.8, 4) is 0 Å². The van der Waals surface area contributed by atoms with Crippen LogP contribution in [0.5, 0.6) is 0 Å². The molecule has 0 amide bonds. The van der Waals surface area contributed by atoms with Crippen LogP contribution in [0.2, 0.25) is 0 Å². The first-order valence-electron chi connectivity index (χ1n) is 5.11. The number of aromatic nitrogens is 1. The number of pyridine rings is 1. The van der Waals surface area contributed by atoms with Crippen LogP contribution in [-0.4, -0.2) is 17.4 Å². The molecule has 0 saturated heterocycles. The Balaban J connectivity index is 2.30. The van der Waals surface area contributed by atoms with Gasteiger partial charge in [-0.2, -0.15) is 0 Å². The average molecular weight is 203 g/mol. The third-order valence-corrected chi connectivity index (χ3v) is 2.50. The van der Waals surface area contributed by atoms with Gasteiger partial charge in [-0.3, -0.25) is 9.78 Å². The standard InChI is InChI=1S/C12H13NO2/c1-2-15-8-10-4-3-9-7-13-6-5-11(9)12(10)14/h5-8H,2-4H2,1H3/b10-8+. The van der Waals surface area contributed by atoms with E-state index in [1.165, 1.54) is 0 Å². The molecule has 0 bridgehead atoms. The van der Waals surface area contributed by atoms with Gasteiger partial charge in [0.2, 0.25) is 0 Å². The molecule has 0 aliphatic heterocycles. The van der Waals surface area contributed by atoms with E-state index in [4.69, 9.17) is 4.74 Å². The third kappa shape index (κ3) is 1.91. The van der Waals surface area contributed by atoms with Crippen molar-refractivity contribution in [1.29, 1.82) is 0 Å². The summed E-state index contributed by atoms with van der Waals surface area (Å²) < 4.78 is 5.16. The summed E-state index contributed by atoms with van der Waals surface area (Å²) >= 11 is 0. The Hall–Kier alpha value is -1.64. The topological polar surface area (TPSA) is 39.2 Å². The van der Waals surface area contributed by atoms with Crippen LogP contribution in [0, 0.1) is 0 Å². The number of carbonyl (C=O) groups is 1. The molecule has 0 fully saturated rings. The lowest BCUT2D eigenvalue weighted by molar-refractivity contribution is 0.101. The SMILES string of the molecule is CCO/C=C1\CCc2cnccc2C1=O. The Morgan fingerprint density at radius 3 is 3.20 bits per heavy atom. The van der Waals surface area contributed by atoms with Crippen molar-refractivity contribution in [1.82, 2.24) is 4.98 Å². The molecule has 0 radical (unpaired) electrons. The van der Waals surface area contributed by atoms with Crippen molar-refractivity contribution in [2.24, 2.45) is 0 Å². The van der Waals surface area contributed by atoms with E-state index in [1.54, 1.807) is 24.7 Å². The van der Waals surface area contributed by atoms with E-state index in [0.29, 0.717) is 6.61 Å². The van der Waals surface area contributed by atoms with Gasteiger partial charge in [0.25, 0.3) is 0 Å². The minimum atomic E-state index is 0.0760. The van der Waals surface area contributed by atoms with E-state index < -0.39 is 0 Å². The maximum Gasteiger partial charge on any atom is 0.192 e. The molecule has 0 unspecified atom stereocenters. The van der Waals surface area contributed by atoms with Gasteiger partial charge in [-0.15, -0.1) is 0 Å². The van der Waals surface area contributed by atoms with E-state index >= 15 is 0 Å². The highest BCUT2D eigenvalue weighted by Crippen LogP contribution is 2.23. The van der Waals surface area contributed by atoms with Crippen molar-refractivity contribution >= 4 is 5.78 Å². The molecule has 0 aromatic carbocycles. The summed E-state index contributed by atoms with van der Waals surface area (Å²) in [5.41, 5.74) is 2.56. The summed E-state index contributed by atoms with van der Waals surface area (Å²) in [6, 6.07) is 1.77. The van der Waals surface area contributed by atoms with Crippen LogP contribution >= 0.6 is 0 Å². The number of Topliss-reactive ketones (excluding diaryl/α,β-unsaturated/α-hetero) is 1. The molecule has 1 aliphatic rings. The normalized spacial score (nSPS) is 17.7. The second-order valence-electron chi connectivity index (χ2n) is 3.46. The molecule has 1 aromatic heterocycles. The molecule has 2 rings (SSSR count). The zero-order valence-electron chi connectivity index (χ0n) is 8.69. The molecular weight excluding hydrogens is 190 g/mol. The van der Waals surface area contributed by atoms with Crippen LogP contribution < -0.4 is 0 Å². The van der Waals surface area contributed by atoms with Gasteiger partial charge < -0.3 is 4.74 Å². The Morgan fingerprint density at radius 1 is 1.53 bits per heavy atom. The molecule has 0 saturated carbocycles. The number of aryl methyl sites for hydroxylation is 1. The number of hydrogen-bond donors (Lipinski definition) is 0. The second-order valence-corrected chi connectivity index (χ2v) is 3.46. The fourth-order valence-corrected chi connectivity index (χ4v) is 1.70. The maximum atomic E-state index is 11.9. The summed E-state index contributed by atoms with van der Waals surface area (Å²) in [5.74, 6) is 0.0760. The average Bonchev–Trinajstić information content (AvgIpc) is 2.29. The maximum absolute atomic E-state index is 11.9. The largest absolute Gasteiger partial charge is 0.501 e. The zero-order chi connectivity index (χ0) is 10.7. The molecule has 3 nitrogen and oxygen atoms in total. The van der Waals surface area contributed by atoms with Crippen LogP contribution in [0.1, 0.15) is 29.3 Å². The van der Waals surface area contributed by atoms with Crippen LogP contribution in [0.3, 0.4) is 0 Å². The van der Waals surface area contributed by atoms with Crippen LogP contribution in [0.25, 0.3) is 0 Å². The fraction of sp³-hybridized carbons (Fsp3) is 0.333. The number of carbonyl (C=O) groups excluding carboxylic acids is 1. The number of ether oxygens (including phenoxy) is 1. The minimum absolute atomic E-state index is 0.0760. The fourth-order valence-electron chi connectivity index (χ4n) is 1.70. The number of rotatable bonds is 2. The summed E-state index contributed by atoms with van der Waals surface area (Å²) in [5, 5.41) is 0. The first kappa shape index (κ1) is 9.90. The third-order valence-electron chi connectivity index (χ3n) is 2.50. The quantitative estimate of drug-likeness (QED) is 0.546. The molecule has 3 heteroatoms. The van der Waals surface area contributed by atoms with E-state index in [2.05, 4.69) is 4.98 Å². The molecule has 15 heavy (non-hydrogen) atoms. The summed E-state index contributed by atoms with van der Waals surface area (Å²) in [7, 11) is 0. The highest BCUT2D eigenvalue weighted by molar-refractivity contribution is 6.10. The summed E-state index contributed by atoms with van der Waals surface area (Å²) in [6.07, 6.45) is 6.63. The first-order chi connectivity index (χ1) is 7.33. The Bertz CT molecular complexity index is 410. The molecule has 78 valence electrons. The highest BCUT2D eigenvalue weighted by Gasteiger charge is 2.21. The lowest BCUT2D eigenvalue weighted by Crippen LogP contribution is -2.14. The number of hydrogen-bond acceptors (Lipinski definition) is 3. The summed E-state index contributed by atoms with van der Waals surface area (Å²) in [6.45, 7) is 2.50. The molecule has 1 aromatic rings. The van der Waals surface area contributed by atoms with Gasteiger partial charge in [0, 0.05) is 23.5 Å². The van der Waals surface area contributed by atoms with E-state index in [9.17, 15) is 4.79 Å². The number of fused-ring (bicyclic) bond motifs is 1. The number of ketones is 1. The van der Waals surface area contributed by atoms with E-state index in [-0.39, 0.29) is 5.78 Å². The van der Waals surface area contributed by atoms with Gasteiger partial charge in [0.05, 0.1) is 12.9 Å². The van der Waals surface area contributed by atoms with Gasteiger partial charge >= 0.3 is 0 Å². The molecule has 0 N–H and O–H groups in total. The van der Waals surface area contributed by atoms with Crippen LogP contribution in [0.15, 0.2) is 30.3 Å². The van der Waals surface area contributed by atoms with Crippen molar-refractivity contribution in [3.05, 3.63) is 41.4 Å². The Morgan fingerprint density at radius 2 is 2.40 bits per heavy atom. The zero-order valence-corrected chi connectivity index (χ0v) is 8.69. The van der Waals surface area contributed by atoms with Crippen LogP contribution in [-0.2, 0) is 11.2 Å². The first-order valence-corrected chi connectivity index (χ1v) is 5.11. The summed E-state index contributed by atoms with van der Waals surface area (Å²) in [4.78, 5) is 16.0.